The number of nitrogens with one attached hydrogen (secondary N) is 1. The number of carbonyl (C=O) groups is 1. The molecule has 0 atom stereocenters. The first kappa shape index (κ1) is 15.9. The molecule has 0 saturated heterocycles. The first-order valence-corrected chi connectivity index (χ1v) is 7.32. The SMILES string of the molecule is NC(=S)c1cc(Br)ccc1NC(=O)c1ccc(F)cc1Cl. The molecule has 21 heavy (non-hydrogen) atoms. The van der Waals surface area contributed by atoms with Crippen molar-refractivity contribution in [3.63, 3.8) is 0 Å². The number of halogens is 3. The number of hydrogen-bond acceptors (Lipinski definition) is 2. The normalized spacial score (nSPS) is 10.2. The molecule has 0 aromatic heterocycles. The van der Waals surface area contributed by atoms with Crippen LogP contribution in [0.1, 0.15) is 15.9 Å². The first-order valence-electron chi connectivity index (χ1n) is 5.74. The van der Waals surface area contributed by atoms with E-state index in [4.69, 9.17) is 29.6 Å². The average molecular weight is 388 g/mol. The summed E-state index contributed by atoms with van der Waals surface area (Å²) >= 11 is 14.1. The van der Waals surface area contributed by atoms with Crippen molar-refractivity contribution < 1.29 is 9.18 Å². The second kappa shape index (κ2) is 6.51. The van der Waals surface area contributed by atoms with Crippen LogP contribution in [0, 0.1) is 5.82 Å². The Hall–Kier alpha value is -1.50. The topological polar surface area (TPSA) is 55.1 Å². The molecule has 0 aliphatic heterocycles. The summed E-state index contributed by atoms with van der Waals surface area (Å²) in [6.07, 6.45) is 0. The predicted octanol–water partition coefficient (Wildman–Crippen LogP) is 4.13. The van der Waals surface area contributed by atoms with Gasteiger partial charge in [-0.2, -0.15) is 0 Å². The van der Waals surface area contributed by atoms with Crippen LogP contribution in [0.4, 0.5) is 10.1 Å². The fourth-order valence-corrected chi connectivity index (χ4v) is 2.48. The number of rotatable bonds is 3. The van der Waals surface area contributed by atoms with Gasteiger partial charge in [-0.25, -0.2) is 4.39 Å². The van der Waals surface area contributed by atoms with E-state index in [0.717, 1.165) is 16.6 Å². The number of nitrogens with two attached hydrogens (primary N) is 1. The lowest BCUT2D eigenvalue weighted by molar-refractivity contribution is 0.102. The summed E-state index contributed by atoms with van der Waals surface area (Å²) in [7, 11) is 0. The Kier molecular flexibility index (Phi) is 4.92. The van der Waals surface area contributed by atoms with Gasteiger partial charge in [-0.05, 0) is 36.4 Å². The molecule has 0 heterocycles. The summed E-state index contributed by atoms with van der Waals surface area (Å²) in [4.78, 5) is 12.3. The third-order valence-electron chi connectivity index (χ3n) is 2.67. The van der Waals surface area contributed by atoms with Crippen molar-refractivity contribution >= 4 is 56.3 Å². The quantitative estimate of drug-likeness (QED) is 0.779. The van der Waals surface area contributed by atoms with Gasteiger partial charge in [-0.15, -0.1) is 0 Å². The smallest absolute Gasteiger partial charge is 0.257 e. The minimum Gasteiger partial charge on any atom is -0.389 e. The van der Waals surface area contributed by atoms with Crippen LogP contribution in [-0.4, -0.2) is 10.9 Å². The second-order valence-electron chi connectivity index (χ2n) is 4.13. The molecule has 7 heteroatoms. The minimum absolute atomic E-state index is 0.0292. The van der Waals surface area contributed by atoms with Gasteiger partial charge in [0.05, 0.1) is 16.3 Å². The monoisotopic (exact) mass is 386 g/mol. The van der Waals surface area contributed by atoms with Crippen molar-refractivity contribution in [1.29, 1.82) is 0 Å². The Morgan fingerprint density at radius 2 is 1.95 bits per heavy atom. The number of anilines is 1. The Morgan fingerprint density at radius 3 is 2.57 bits per heavy atom. The number of benzene rings is 2. The Morgan fingerprint density at radius 1 is 1.24 bits per heavy atom. The Bertz CT molecular complexity index is 739. The largest absolute Gasteiger partial charge is 0.389 e. The number of hydrogen-bond donors (Lipinski definition) is 2. The molecule has 0 saturated carbocycles. The zero-order valence-corrected chi connectivity index (χ0v) is 13.7. The van der Waals surface area contributed by atoms with E-state index in [1.165, 1.54) is 6.07 Å². The molecule has 0 aliphatic carbocycles. The summed E-state index contributed by atoms with van der Waals surface area (Å²) in [5.41, 5.74) is 6.77. The molecule has 0 bridgehead atoms. The Labute approximate surface area is 139 Å². The molecule has 2 aromatic rings. The van der Waals surface area contributed by atoms with Gasteiger partial charge in [0.2, 0.25) is 0 Å². The van der Waals surface area contributed by atoms with Gasteiger partial charge >= 0.3 is 0 Å². The van der Waals surface area contributed by atoms with Crippen molar-refractivity contribution in [3.8, 4) is 0 Å². The van der Waals surface area contributed by atoms with E-state index in [9.17, 15) is 9.18 Å². The summed E-state index contributed by atoms with van der Waals surface area (Å²) in [6.45, 7) is 0. The molecule has 3 nitrogen and oxygen atoms in total. The highest BCUT2D eigenvalue weighted by Gasteiger charge is 2.14. The molecular formula is C14H9BrClFN2OS. The third kappa shape index (κ3) is 3.78. The van der Waals surface area contributed by atoms with Gasteiger partial charge in [0.25, 0.3) is 5.91 Å². The number of carbonyl (C=O) groups excluding carboxylic acids is 1. The maximum atomic E-state index is 13.0. The molecule has 0 unspecified atom stereocenters. The molecule has 1 amide bonds. The van der Waals surface area contributed by atoms with E-state index in [2.05, 4.69) is 21.2 Å². The van der Waals surface area contributed by atoms with Crippen molar-refractivity contribution in [3.05, 3.63) is 62.8 Å². The van der Waals surface area contributed by atoms with Gasteiger partial charge < -0.3 is 11.1 Å². The zero-order valence-electron chi connectivity index (χ0n) is 10.5. The van der Waals surface area contributed by atoms with E-state index in [0.29, 0.717) is 11.3 Å². The molecule has 108 valence electrons. The predicted molar refractivity (Wildman–Crippen MR) is 89.4 cm³/mol. The van der Waals surface area contributed by atoms with Gasteiger partial charge in [-0.1, -0.05) is 39.7 Å². The van der Waals surface area contributed by atoms with E-state index in [1.807, 2.05) is 0 Å². The lowest BCUT2D eigenvalue weighted by Gasteiger charge is -2.11. The summed E-state index contributed by atoms with van der Waals surface area (Å²) in [6, 6.07) is 8.65. The number of amides is 1. The summed E-state index contributed by atoms with van der Waals surface area (Å²) in [5.74, 6) is -0.983. The van der Waals surface area contributed by atoms with Crippen LogP contribution < -0.4 is 11.1 Å². The van der Waals surface area contributed by atoms with Crippen LogP contribution in [0.2, 0.25) is 5.02 Å². The molecular weight excluding hydrogens is 379 g/mol. The highest BCUT2D eigenvalue weighted by atomic mass is 79.9. The van der Waals surface area contributed by atoms with Crippen LogP contribution in [0.25, 0.3) is 0 Å². The summed E-state index contributed by atoms with van der Waals surface area (Å²) < 4.78 is 13.8. The van der Waals surface area contributed by atoms with Crippen molar-refractivity contribution in [1.82, 2.24) is 0 Å². The fourth-order valence-electron chi connectivity index (χ4n) is 1.69. The molecule has 2 aromatic carbocycles. The van der Waals surface area contributed by atoms with E-state index < -0.39 is 11.7 Å². The van der Waals surface area contributed by atoms with Crippen LogP contribution in [-0.2, 0) is 0 Å². The lowest BCUT2D eigenvalue weighted by Crippen LogP contribution is -2.18. The van der Waals surface area contributed by atoms with Crippen LogP contribution in [0.3, 0.4) is 0 Å². The second-order valence-corrected chi connectivity index (χ2v) is 5.90. The highest BCUT2D eigenvalue weighted by molar-refractivity contribution is 9.10. The van der Waals surface area contributed by atoms with Crippen molar-refractivity contribution in [2.24, 2.45) is 5.73 Å². The van der Waals surface area contributed by atoms with Crippen molar-refractivity contribution in [2.45, 2.75) is 0 Å². The zero-order chi connectivity index (χ0) is 15.6. The maximum Gasteiger partial charge on any atom is 0.257 e. The van der Waals surface area contributed by atoms with Gasteiger partial charge in [0.1, 0.15) is 10.8 Å². The van der Waals surface area contributed by atoms with E-state index >= 15 is 0 Å². The molecule has 0 fully saturated rings. The van der Waals surface area contributed by atoms with Gasteiger partial charge in [-0.3, -0.25) is 4.79 Å². The lowest BCUT2D eigenvalue weighted by atomic mass is 10.1. The molecule has 2 rings (SSSR count). The summed E-state index contributed by atoms with van der Waals surface area (Å²) in [5, 5.41) is 2.69. The van der Waals surface area contributed by atoms with Gasteiger partial charge in [0.15, 0.2) is 0 Å². The van der Waals surface area contributed by atoms with Crippen LogP contribution in [0.15, 0.2) is 40.9 Å². The Balaban J connectivity index is 2.34. The highest BCUT2D eigenvalue weighted by Crippen LogP contribution is 2.23. The molecule has 0 radical (unpaired) electrons. The molecule has 0 aliphatic rings. The molecule has 0 spiro atoms. The maximum absolute atomic E-state index is 13.0. The average Bonchev–Trinajstić information content (AvgIpc) is 2.40. The van der Waals surface area contributed by atoms with Crippen molar-refractivity contribution in [2.75, 3.05) is 5.32 Å². The molecule has 3 N–H and O–H groups in total. The fraction of sp³-hybridized carbons (Fsp3) is 0. The van der Waals surface area contributed by atoms with E-state index in [1.54, 1.807) is 18.2 Å². The first-order chi connectivity index (χ1) is 9.88. The minimum atomic E-state index is -0.510. The van der Waals surface area contributed by atoms with Gasteiger partial charge in [0, 0.05) is 10.0 Å². The van der Waals surface area contributed by atoms with Crippen LogP contribution >= 0.6 is 39.7 Å². The standard InChI is InChI=1S/C14H9BrClFN2OS/c15-7-1-4-12(10(5-7)13(18)21)19-14(20)9-3-2-8(17)6-11(9)16/h1-6H,(H2,18,21)(H,19,20). The number of thiocarbonyl (C=S) groups is 1. The van der Waals surface area contributed by atoms with Crippen LogP contribution in [0.5, 0.6) is 0 Å². The van der Waals surface area contributed by atoms with E-state index in [-0.39, 0.29) is 15.6 Å². The third-order valence-corrected chi connectivity index (χ3v) is 3.70.